The maximum Gasteiger partial charge on any atom is 0.267 e. The summed E-state index contributed by atoms with van der Waals surface area (Å²) in [5.41, 5.74) is 2.36. The average Bonchev–Trinajstić information content (AvgIpc) is 2.92. The minimum atomic E-state index is 0.0108. The molecule has 0 fully saturated rings. The molecular weight excluding hydrogens is 348 g/mol. The monoisotopic (exact) mass is 370 g/mol. The van der Waals surface area contributed by atoms with Crippen LogP contribution in [0.5, 0.6) is 0 Å². The van der Waals surface area contributed by atoms with Gasteiger partial charge in [-0.2, -0.15) is 0 Å². The van der Waals surface area contributed by atoms with E-state index in [1.807, 2.05) is 30.3 Å². The van der Waals surface area contributed by atoms with Crippen LogP contribution >= 0.6 is 23.6 Å². The van der Waals surface area contributed by atoms with Gasteiger partial charge >= 0.3 is 0 Å². The Labute approximate surface area is 156 Å². The first-order valence-electron chi connectivity index (χ1n) is 8.71. The Kier molecular flexibility index (Phi) is 3.96. The van der Waals surface area contributed by atoms with Crippen molar-refractivity contribution in [1.82, 2.24) is 9.55 Å². The highest BCUT2D eigenvalue weighted by atomic mass is 32.1. The number of fused-ring (bicyclic) bond motifs is 3. The average molecular weight is 371 g/mol. The maximum absolute atomic E-state index is 13.2. The predicted molar refractivity (Wildman–Crippen MR) is 108 cm³/mol. The molecule has 1 aliphatic carbocycles. The summed E-state index contributed by atoms with van der Waals surface area (Å²) < 4.78 is 2.09. The van der Waals surface area contributed by atoms with Crippen LogP contribution in [-0.2, 0) is 12.8 Å². The number of nitrogens with zero attached hydrogens (tertiary/aromatic N) is 1. The van der Waals surface area contributed by atoms with E-state index in [0.717, 1.165) is 35.2 Å². The number of para-hydroxylation sites is 1. The molecule has 3 nitrogen and oxygen atoms in total. The fourth-order valence-corrected chi connectivity index (χ4v) is 5.48. The van der Waals surface area contributed by atoms with Gasteiger partial charge in [0, 0.05) is 4.88 Å². The van der Waals surface area contributed by atoms with Crippen LogP contribution in [0.1, 0.15) is 37.6 Å². The van der Waals surface area contributed by atoms with Crippen molar-refractivity contribution in [1.29, 1.82) is 0 Å². The summed E-state index contributed by atoms with van der Waals surface area (Å²) in [4.78, 5) is 18.8. The highest BCUT2D eigenvalue weighted by molar-refractivity contribution is 7.71. The first kappa shape index (κ1) is 16.7. The van der Waals surface area contributed by atoms with Crippen LogP contribution in [0.2, 0.25) is 0 Å². The lowest BCUT2D eigenvalue weighted by Gasteiger charge is -2.33. The van der Waals surface area contributed by atoms with Gasteiger partial charge in [-0.1, -0.05) is 39.0 Å². The fraction of sp³-hybridized carbons (Fsp3) is 0.400. The van der Waals surface area contributed by atoms with Crippen molar-refractivity contribution in [2.24, 2.45) is 11.3 Å². The Morgan fingerprint density at radius 1 is 1.24 bits per heavy atom. The van der Waals surface area contributed by atoms with Gasteiger partial charge in [-0.3, -0.25) is 9.36 Å². The van der Waals surface area contributed by atoms with Crippen molar-refractivity contribution >= 4 is 33.8 Å². The molecule has 130 valence electrons. The lowest BCUT2D eigenvalue weighted by molar-refractivity contribution is 0.218. The topological polar surface area (TPSA) is 37.8 Å². The van der Waals surface area contributed by atoms with Crippen LogP contribution in [0.3, 0.4) is 0 Å². The number of hydrogen-bond donors (Lipinski definition) is 1. The molecule has 1 aliphatic rings. The number of aryl methyl sites for hydroxylation is 1. The fourth-order valence-electron chi connectivity index (χ4n) is 3.81. The first-order valence-corrected chi connectivity index (χ1v) is 9.94. The summed E-state index contributed by atoms with van der Waals surface area (Å²) in [6, 6.07) is 9.64. The van der Waals surface area contributed by atoms with Gasteiger partial charge in [-0.25, -0.2) is 0 Å². The van der Waals surface area contributed by atoms with Gasteiger partial charge in [0.15, 0.2) is 4.77 Å². The van der Waals surface area contributed by atoms with E-state index in [1.54, 1.807) is 15.9 Å². The molecule has 25 heavy (non-hydrogen) atoms. The summed E-state index contributed by atoms with van der Waals surface area (Å²) in [5.74, 6) is 0.660. The molecular formula is C20H22N2OS2. The highest BCUT2D eigenvalue weighted by Gasteiger charge is 2.31. The van der Waals surface area contributed by atoms with E-state index < -0.39 is 0 Å². The molecule has 0 radical (unpaired) electrons. The molecule has 0 saturated heterocycles. The first-order chi connectivity index (χ1) is 11.9. The van der Waals surface area contributed by atoms with Crippen LogP contribution in [0.15, 0.2) is 35.1 Å². The molecule has 1 N–H and O–H groups in total. The Bertz CT molecular complexity index is 1050. The number of thiophene rings is 1. The molecule has 0 amide bonds. The Hall–Kier alpha value is -1.72. The van der Waals surface area contributed by atoms with Crippen molar-refractivity contribution in [3.63, 3.8) is 0 Å². The smallest absolute Gasteiger partial charge is 0.267 e. The number of aromatic nitrogens is 2. The van der Waals surface area contributed by atoms with Crippen LogP contribution < -0.4 is 5.56 Å². The SMILES string of the molecule is CC(C)(C)C1CCc2c(sc3[nH]c(=S)n(-c4ccccc4)c(=O)c23)C1. The number of H-pyrrole nitrogens is 1. The summed E-state index contributed by atoms with van der Waals surface area (Å²) in [6.45, 7) is 6.93. The molecule has 3 aromatic rings. The molecule has 5 heteroatoms. The highest BCUT2D eigenvalue weighted by Crippen LogP contribution is 2.42. The van der Waals surface area contributed by atoms with E-state index in [2.05, 4.69) is 25.8 Å². The molecule has 1 unspecified atom stereocenters. The molecule has 2 aromatic heterocycles. The zero-order valence-electron chi connectivity index (χ0n) is 14.8. The third-order valence-electron chi connectivity index (χ3n) is 5.34. The normalized spacial score (nSPS) is 17.6. The van der Waals surface area contributed by atoms with Crippen molar-refractivity contribution in [3.05, 3.63) is 55.9 Å². The second kappa shape index (κ2) is 5.92. The van der Waals surface area contributed by atoms with Crippen LogP contribution in [0.25, 0.3) is 15.9 Å². The quantitative estimate of drug-likeness (QED) is 0.593. The summed E-state index contributed by atoms with van der Waals surface area (Å²) in [5, 5.41) is 0.838. The lowest BCUT2D eigenvalue weighted by atomic mass is 9.72. The molecule has 0 spiro atoms. The van der Waals surface area contributed by atoms with E-state index in [-0.39, 0.29) is 5.56 Å². The minimum absolute atomic E-state index is 0.0108. The van der Waals surface area contributed by atoms with Crippen molar-refractivity contribution in [2.45, 2.75) is 40.0 Å². The molecule has 0 bridgehead atoms. The maximum atomic E-state index is 13.2. The van der Waals surface area contributed by atoms with E-state index in [9.17, 15) is 4.79 Å². The number of benzene rings is 1. The minimum Gasteiger partial charge on any atom is -0.323 e. The zero-order valence-corrected chi connectivity index (χ0v) is 16.4. The molecule has 2 heterocycles. The molecule has 4 rings (SSSR count). The van der Waals surface area contributed by atoms with Crippen LogP contribution in [-0.4, -0.2) is 9.55 Å². The van der Waals surface area contributed by atoms with E-state index in [0.29, 0.717) is 16.1 Å². The van der Waals surface area contributed by atoms with E-state index >= 15 is 0 Å². The van der Waals surface area contributed by atoms with Crippen molar-refractivity contribution in [2.75, 3.05) is 0 Å². The second-order valence-electron chi connectivity index (χ2n) is 7.92. The molecule has 0 aliphatic heterocycles. The van der Waals surface area contributed by atoms with Gasteiger partial charge in [0.2, 0.25) is 0 Å². The van der Waals surface area contributed by atoms with Gasteiger partial charge in [0.25, 0.3) is 5.56 Å². The third-order valence-corrected chi connectivity index (χ3v) is 6.80. The van der Waals surface area contributed by atoms with E-state index in [4.69, 9.17) is 12.2 Å². The number of aromatic amines is 1. The van der Waals surface area contributed by atoms with E-state index in [1.165, 1.54) is 10.4 Å². The van der Waals surface area contributed by atoms with Gasteiger partial charge < -0.3 is 4.98 Å². The van der Waals surface area contributed by atoms with Gasteiger partial charge in [-0.15, -0.1) is 11.3 Å². The summed E-state index contributed by atoms with van der Waals surface area (Å²) in [6.07, 6.45) is 3.18. The molecule has 1 atom stereocenters. The standard InChI is InChI=1S/C20H22N2OS2/c1-20(2,3)12-9-10-14-15(11-12)25-17-16(14)18(23)22(19(24)21-17)13-7-5-4-6-8-13/h4-8,12H,9-11H2,1-3H3,(H,21,24). The van der Waals surface area contributed by atoms with Gasteiger partial charge in [-0.05, 0) is 60.5 Å². The zero-order chi connectivity index (χ0) is 17.8. The largest absolute Gasteiger partial charge is 0.323 e. The lowest BCUT2D eigenvalue weighted by Crippen LogP contribution is -2.27. The molecule has 0 saturated carbocycles. The number of rotatable bonds is 1. The Balaban J connectivity index is 1.92. The van der Waals surface area contributed by atoms with Gasteiger partial charge in [0.1, 0.15) is 4.83 Å². The molecule has 1 aromatic carbocycles. The summed E-state index contributed by atoms with van der Waals surface area (Å²) >= 11 is 7.20. The van der Waals surface area contributed by atoms with Gasteiger partial charge in [0.05, 0.1) is 11.1 Å². The Morgan fingerprint density at radius 3 is 2.64 bits per heavy atom. The number of nitrogens with one attached hydrogen (secondary N) is 1. The van der Waals surface area contributed by atoms with Crippen LogP contribution in [0, 0.1) is 16.1 Å². The Morgan fingerprint density at radius 2 is 1.96 bits per heavy atom. The van der Waals surface area contributed by atoms with Crippen molar-refractivity contribution < 1.29 is 0 Å². The predicted octanol–water partition coefficient (Wildman–Crippen LogP) is 5.26. The second-order valence-corrected chi connectivity index (χ2v) is 9.41. The number of hydrogen-bond acceptors (Lipinski definition) is 3. The van der Waals surface area contributed by atoms with Crippen LogP contribution in [0.4, 0.5) is 0 Å². The van der Waals surface area contributed by atoms with Crippen molar-refractivity contribution in [3.8, 4) is 5.69 Å². The third kappa shape index (κ3) is 2.79. The summed E-state index contributed by atoms with van der Waals surface area (Å²) in [7, 11) is 0.